The van der Waals surface area contributed by atoms with E-state index >= 15 is 0 Å². The van der Waals surface area contributed by atoms with Crippen molar-refractivity contribution in [3.05, 3.63) is 35.9 Å². The Morgan fingerprint density at radius 3 is 2.26 bits per heavy atom. The normalized spacial score (nSPS) is 14.8. The molecule has 1 N–H and O–H groups in total. The molecule has 1 aromatic carbocycles. The van der Waals surface area contributed by atoms with Gasteiger partial charge in [-0.2, -0.15) is 0 Å². The summed E-state index contributed by atoms with van der Waals surface area (Å²) in [5.74, 6) is -0.366. The van der Waals surface area contributed by atoms with Crippen LogP contribution in [0.3, 0.4) is 0 Å². The topological polar surface area (TPSA) is 46.5 Å². The van der Waals surface area contributed by atoms with E-state index in [1.54, 1.807) is 20.8 Å². The van der Waals surface area contributed by atoms with Crippen molar-refractivity contribution in [2.24, 2.45) is 5.41 Å². The van der Waals surface area contributed by atoms with Crippen molar-refractivity contribution < 1.29 is 14.6 Å². The van der Waals surface area contributed by atoms with Crippen LogP contribution < -0.4 is 0 Å². The zero-order valence-electron chi connectivity index (χ0n) is 12.3. The zero-order valence-corrected chi connectivity index (χ0v) is 12.3. The van der Waals surface area contributed by atoms with Gasteiger partial charge in [-0.25, -0.2) is 0 Å². The molecule has 0 aromatic heterocycles. The fraction of sp³-hybridized carbons (Fsp3) is 0.562. The number of hydrogen-bond acceptors (Lipinski definition) is 3. The maximum Gasteiger partial charge on any atom is 0.314 e. The first-order valence-electron chi connectivity index (χ1n) is 6.85. The summed E-state index contributed by atoms with van der Waals surface area (Å²) >= 11 is 0. The minimum Gasteiger partial charge on any atom is -0.465 e. The summed E-state index contributed by atoms with van der Waals surface area (Å²) in [5.41, 5.74) is -1.44. The molecule has 0 radical (unpaired) electrons. The fourth-order valence-corrected chi connectivity index (χ4v) is 2.37. The van der Waals surface area contributed by atoms with Crippen LogP contribution in [0.5, 0.6) is 0 Å². The molecule has 19 heavy (non-hydrogen) atoms. The first-order valence-corrected chi connectivity index (χ1v) is 6.85. The molecular formula is C16H24O3. The largest absolute Gasteiger partial charge is 0.465 e. The van der Waals surface area contributed by atoms with Gasteiger partial charge in [0, 0.05) is 0 Å². The van der Waals surface area contributed by atoms with E-state index in [-0.39, 0.29) is 5.97 Å². The lowest BCUT2D eigenvalue weighted by molar-refractivity contribution is -0.174. The summed E-state index contributed by atoms with van der Waals surface area (Å²) in [4.78, 5) is 12.2. The van der Waals surface area contributed by atoms with Crippen LogP contribution in [0.4, 0.5) is 0 Å². The number of carbonyl (C=O) groups excluding carboxylic acids is 1. The minimum atomic E-state index is -1.21. The van der Waals surface area contributed by atoms with Gasteiger partial charge >= 0.3 is 5.97 Å². The summed E-state index contributed by atoms with van der Waals surface area (Å²) in [6.45, 7) is 7.57. The number of hydrogen-bond donors (Lipinski definition) is 1. The summed E-state index contributed by atoms with van der Waals surface area (Å²) in [7, 11) is 0. The van der Waals surface area contributed by atoms with Crippen LogP contribution in [0.2, 0.25) is 0 Å². The molecule has 0 amide bonds. The van der Waals surface area contributed by atoms with Gasteiger partial charge in [-0.05, 0) is 32.8 Å². The van der Waals surface area contributed by atoms with E-state index in [0.29, 0.717) is 13.0 Å². The molecule has 1 unspecified atom stereocenters. The quantitative estimate of drug-likeness (QED) is 0.802. The first kappa shape index (κ1) is 15.7. The van der Waals surface area contributed by atoms with Crippen LogP contribution in [0.1, 0.15) is 46.1 Å². The Kier molecular flexibility index (Phi) is 5.12. The Morgan fingerprint density at radius 1 is 1.21 bits per heavy atom. The molecular weight excluding hydrogens is 240 g/mol. The predicted molar refractivity (Wildman–Crippen MR) is 75.7 cm³/mol. The maximum absolute atomic E-state index is 12.2. The van der Waals surface area contributed by atoms with Crippen LogP contribution in [0, 0.1) is 5.41 Å². The van der Waals surface area contributed by atoms with Gasteiger partial charge in [0.1, 0.15) is 5.60 Å². The third-order valence-electron chi connectivity index (χ3n) is 3.68. The van der Waals surface area contributed by atoms with E-state index in [2.05, 4.69) is 0 Å². The van der Waals surface area contributed by atoms with Crippen molar-refractivity contribution in [2.75, 3.05) is 6.61 Å². The Labute approximate surface area is 115 Å². The number of benzene rings is 1. The smallest absolute Gasteiger partial charge is 0.314 e. The van der Waals surface area contributed by atoms with E-state index in [1.165, 1.54) is 0 Å². The number of aliphatic hydroxyl groups is 1. The molecule has 0 saturated carbocycles. The van der Waals surface area contributed by atoms with E-state index in [9.17, 15) is 9.90 Å². The third kappa shape index (κ3) is 2.98. The summed E-state index contributed by atoms with van der Waals surface area (Å²) in [6.07, 6.45) is 1.30. The average Bonchev–Trinajstić information content (AvgIpc) is 2.40. The standard InChI is InChI=1S/C16H24O3/c1-5-12-16(18,13-10-8-7-9-11-13)15(3,4)14(17)19-6-2/h7-11,18H,5-6,12H2,1-4H3. The Bertz CT molecular complexity index is 411. The highest BCUT2D eigenvalue weighted by Gasteiger charge is 2.50. The van der Waals surface area contributed by atoms with Gasteiger partial charge in [-0.1, -0.05) is 43.7 Å². The van der Waals surface area contributed by atoms with Gasteiger partial charge in [-0.3, -0.25) is 4.79 Å². The summed E-state index contributed by atoms with van der Waals surface area (Å²) < 4.78 is 5.12. The maximum atomic E-state index is 12.2. The second-order valence-electron chi connectivity index (χ2n) is 5.32. The molecule has 0 aliphatic carbocycles. The lowest BCUT2D eigenvalue weighted by atomic mass is 9.68. The number of carbonyl (C=O) groups is 1. The SMILES string of the molecule is CCCC(O)(c1ccccc1)C(C)(C)C(=O)OCC. The van der Waals surface area contributed by atoms with Crippen molar-refractivity contribution in [2.45, 2.75) is 46.1 Å². The first-order chi connectivity index (χ1) is 8.90. The van der Waals surface area contributed by atoms with Crippen molar-refractivity contribution in [3.63, 3.8) is 0 Å². The molecule has 0 saturated heterocycles. The lowest BCUT2D eigenvalue weighted by Gasteiger charge is -2.41. The van der Waals surface area contributed by atoms with Gasteiger partial charge in [0.05, 0.1) is 12.0 Å². The molecule has 1 aromatic rings. The van der Waals surface area contributed by atoms with E-state index < -0.39 is 11.0 Å². The molecule has 3 heteroatoms. The van der Waals surface area contributed by atoms with Gasteiger partial charge in [-0.15, -0.1) is 0 Å². The lowest BCUT2D eigenvalue weighted by Crippen LogP contribution is -2.48. The van der Waals surface area contributed by atoms with Crippen molar-refractivity contribution in [1.82, 2.24) is 0 Å². The molecule has 0 aliphatic heterocycles. The Hall–Kier alpha value is -1.35. The third-order valence-corrected chi connectivity index (χ3v) is 3.68. The zero-order chi connectivity index (χ0) is 14.5. The summed E-state index contributed by atoms with van der Waals surface area (Å²) in [5, 5.41) is 11.1. The summed E-state index contributed by atoms with van der Waals surface area (Å²) in [6, 6.07) is 9.36. The molecule has 0 aliphatic rings. The number of esters is 1. The molecule has 0 fully saturated rings. The number of rotatable bonds is 6. The predicted octanol–water partition coefficient (Wildman–Crippen LogP) is 3.26. The Balaban J connectivity index is 3.22. The van der Waals surface area contributed by atoms with Crippen molar-refractivity contribution in [3.8, 4) is 0 Å². The van der Waals surface area contributed by atoms with Crippen molar-refractivity contribution >= 4 is 5.97 Å². The van der Waals surface area contributed by atoms with Crippen LogP contribution >= 0.6 is 0 Å². The van der Waals surface area contributed by atoms with Crippen LogP contribution in [-0.2, 0) is 15.1 Å². The highest BCUT2D eigenvalue weighted by molar-refractivity contribution is 5.78. The van der Waals surface area contributed by atoms with Crippen LogP contribution in [-0.4, -0.2) is 17.7 Å². The van der Waals surface area contributed by atoms with E-state index in [0.717, 1.165) is 12.0 Å². The molecule has 0 heterocycles. The second-order valence-corrected chi connectivity index (χ2v) is 5.32. The fourth-order valence-electron chi connectivity index (χ4n) is 2.37. The Morgan fingerprint density at radius 2 is 1.79 bits per heavy atom. The van der Waals surface area contributed by atoms with Gasteiger partial charge in [0.25, 0.3) is 0 Å². The van der Waals surface area contributed by atoms with Gasteiger partial charge in [0.15, 0.2) is 0 Å². The molecule has 106 valence electrons. The van der Waals surface area contributed by atoms with Crippen LogP contribution in [0.25, 0.3) is 0 Å². The van der Waals surface area contributed by atoms with E-state index in [1.807, 2.05) is 37.3 Å². The highest BCUT2D eigenvalue weighted by atomic mass is 16.5. The highest BCUT2D eigenvalue weighted by Crippen LogP contribution is 2.44. The number of ether oxygens (including phenoxy) is 1. The molecule has 1 rings (SSSR count). The van der Waals surface area contributed by atoms with Gasteiger partial charge in [0.2, 0.25) is 0 Å². The molecule has 1 atom stereocenters. The van der Waals surface area contributed by atoms with Crippen LogP contribution in [0.15, 0.2) is 30.3 Å². The minimum absolute atomic E-state index is 0.319. The van der Waals surface area contributed by atoms with Gasteiger partial charge < -0.3 is 9.84 Å². The molecule has 0 bridgehead atoms. The molecule has 0 spiro atoms. The average molecular weight is 264 g/mol. The van der Waals surface area contributed by atoms with E-state index in [4.69, 9.17) is 4.74 Å². The van der Waals surface area contributed by atoms with Crippen molar-refractivity contribution in [1.29, 1.82) is 0 Å². The second kappa shape index (κ2) is 6.20. The monoisotopic (exact) mass is 264 g/mol. The molecule has 3 nitrogen and oxygen atoms in total.